The second kappa shape index (κ2) is 8.57. The molecular weight excluding hydrogens is 413 g/mol. The minimum Gasteiger partial charge on any atom is -0.332 e. The van der Waals surface area contributed by atoms with Gasteiger partial charge < -0.3 is 10.6 Å². The molecule has 5 nitrogen and oxygen atoms in total. The Bertz CT molecular complexity index is 963. The maximum Gasteiger partial charge on any atom is 0.417 e. The molecule has 0 fully saturated rings. The zero-order valence-electron chi connectivity index (χ0n) is 14.3. The summed E-state index contributed by atoms with van der Waals surface area (Å²) in [6, 6.07) is 7.01. The number of carbonyl (C=O) groups excluding carboxylic acids is 1. The number of carbonyl (C=O) groups is 1. The minimum absolute atomic E-state index is 0.178. The van der Waals surface area contributed by atoms with Gasteiger partial charge in [0.15, 0.2) is 5.13 Å². The molecule has 0 unspecified atom stereocenters. The molecule has 1 amide bonds. The summed E-state index contributed by atoms with van der Waals surface area (Å²) in [5.74, 6) is -0.178. The summed E-state index contributed by atoms with van der Waals surface area (Å²) < 4.78 is 38.8. The number of rotatable bonds is 6. The first-order valence-electron chi connectivity index (χ1n) is 8.09. The molecule has 0 radical (unpaired) electrons. The van der Waals surface area contributed by atoms with Gasteiger partial charge in [-0.1, -0.05) is 11.6 Å². The molecule has 0 aliphatic rings. The van der Waals surface area contributed by atoms with E-state index in [1.54, 1.807) is 29.9 Å². The minimum atomic E-state index is -4.54. The Morgan fingerprint density at radius 3 is 2.75 bits per heavy atom. The summed E-state index contributed by atoms with van der Waals surface area (Å²) in [6.07, 6.45) is -0.762. The van der Waals surface area contributed by atoms with Crippen molar-refractivity contribution in [2.45, 2.75) is 19.0 Å². The van der Waals surface area contributed by atoms with Crippen LogP contribution in [0.1, 0.15) is 17.7 Å². The Kier molecular flexibility index (Phi) is 6.15. The van der Waals surface area contributed by atoms with Gasteiger partial charge in [-0.2, -0.15) is 13.2 Å². The van der Waals surface area contributed by atoms with Crippen LogP contribution in [0, 0.1) is 0 Å². The number of anilines is 3. The number of benzene rings is 1. The summed E-state index contributed by atoms with van der Waals surface area (Å²) in [7, 11) is 0. The lowest BCUT2D eigenvalue weighted by Gasteiger charge is -2.11. The highest BCUT2D eigenvalue weighted by Gasteiger charge is 2.33. The average Bonchev–Trinajstić information content (AvgIpc) is 3.09. The largest absolute Gasteiger partial charge is 0.417 e. The number of alkyl halides is 3. The number of aryl methyl sites for hydroxylation is 1. The van der Waals surface area contributed by atoms with Gasteiger partial charge in [-0.15, -0.1) is 11.3 Å². The standard InChI is InChI=1S/C18H14ClF3N4OS/c19-15-5-3-11(8-14(15)18(20,21)22)25-17-26-13(10-28-17)4-6-16(27)24-12-2-1-7-23-9-12/h1-3,5,7-10H,4,6H2,(H,24,27)(H,25,26). The Labute approximate surface area is 167 Å². The van der Waals surface area contributed by atoms with Gasteiger partial charge in [-0.25, -0.2) is 4.98 Å². The Morgan fingerprint density at radius 1 is 1.21 bits per heavy atom. The third-order valence-electron chi connectivity index (χ3n) is 3.63. The second-order valence-corrected chi connectivity index (χ2v) is 7.02. The van der Waals surface area contributed by atoms with E-state index in [0.717, 1.165) is 6.07 Å². The molecule has 2 heterocycles. The van der Waals surface area contributed by atoms with Crippen molar-refractivity contribution in [1.82, 2.24) is 9.97 Å². The maximum absolute atomic E-state index is 12.9. The lowest BCUT2D eigenvalue weighted by Crippen LogP contribution is -2.12. The van der Waals surface area contributed by atoms with Crippen molar-refractivity contribution >= 4 is 45.4 Å². The molecule has 0 saturated heterocycles. The third kappa shape index (κ3) is 5.43. The Morgan fingerprint density at radius 2 is 2.04 bits per heavy atom. The van der Waals surface area contributed by atoms with E-state index in [-0.39, 0.29) is 23.0 Å². The van der Waals surface area contributed by atoms with E-state index in [4.69, 9.17) is 11.6 Å². The Balaban J connectivity index is 1.58. The van der Waals surface area contributed by atoms with Crippen molar-refractivity contribution in [3.63, 3.8) is 0 Å². The van der Waals surface area contributed by atoms with Crippen LogP contribution in [0.15, 0.2) is 48.1 Å². The van der Waals surface area contributed by atoms with Gasteiger partial charge in [0.2, 0.25) is 5.91 Å². The third-order valence-corrected chi connectivity index (χ3v) is 4.76. The molecule has 0 atom stereocenters. The topological polar surface area (TPSA) is 66.9 Å². The van der Waals surface area contributed by atoms with E-state index in [9.17, 15) is 18.0 Å². The summed E-state index contributed by atoms with van der Waals surface area (Å²) in [6.45, 7) is 0. The summed E-state index contributed by atoms with van der Waals surface area (Å²) in [5, 5.41) is 7.37. The SMILES string of the molecule is O=C(CCc1csc(Nc2ccc(Cl)c(C(F)(F)F)c2)n1)Nc1cccnc1. The predicted octanol–water partition coefficient (Wildman–Crippen LogP) is 5.53. The van der Waals surface area contributed by atoms with Crippen LogP contribution in [-0.4, -0.2) is 15.9 Å². The number of aromatic nitrogens is 2. The van der Waals surface area contributed by atoms with Gasteiger partial charge in [0.05, 0.1) is 28.2 Å². The highest BCUT2D eigenvalue weighted by atomic mass is 35.5. The van der Waals surface area contributed by atoms with Crippen LogP contribution in [0.25, 0.3) is 0 Å². The van der Waals surface area contributed by atoms with Gasteiger partial charge in [0.1, 0.15) is 0 Å². The van der Waals surface area contributed by atoms with E-state index in [1.165, 1.54) is 23.5 Å². The molecule has 0 aliphatic heterocycles. The van der Waals surface area contributed by atoms with Gasteiger partial charge >= 0.3 is 6.18 Å². The number of hydrogen-bond acceptors (Lipinski definition) is 5. The van der Waals surface area contributed by atoms with Crippen molar-refractivity contribution in [2.24, 2.45) is 0 Å². The highest BCUT2D eigenvalue weighted by Crippen LogP contribution is 2.36. The van der Waals surface area contributed by atoms with E-state index in [1.807, 2.05) is 0 Å². The zero-order chi connectivity index (χ0) is 20.1. The van der Waals surface area contributed by atoms with Crippen molar-refractivity contribution in [3.05, 3.63) is 64.4 Å². The van der Waals surface area contributed by atoms with Gasteiger partial charge in [0.25, 0.3) is 0 Å². The van der Waals surface area contributed by atoms with Crippen molar-refractivity contribution in [1.29, 1.82) is 0 Å². The molecule has 28 heavy (non-hydrogen) atoms. The monoisotopic (exact) mass is 426 g/mol. The van der Waals surface area contributed by atoms with Crippen LogP contribution in [0.4, 0.5) is 29.7 Å². The first-order chi connectivity index (χ1) is 13.3. The molecule has 0 spiro atoms. The molecule has 2 N–H and O–H groups in total. The predicted molar refractivity (Wildman–Crippen MR) is 103 cm³/mol. The quantitative estimate of drug-likeness (QED) is 0.544. The fraction of sp³-hybridized carbons (Fsp3) is 0.167. The van der Waals surface area contributed by atoms with Crippen LogP contribution in [-0.2, 0) is 17.4 Å². The van der Waals surface area contributed by atoms with E-state index in [0.29, 0.717) is 22.9 Å². The normalized spacial score (nSPS) is 11.3. The number of hydrogen-bond donors (Lipinski definition) is 2. The number of amides is 1. The van der Waals surface area contributed by atoms with Crippen LogP contribution in [0.3, 0.4) is 0 Å². The van der Waals surface area contributed by atoms with Crippen LogP contribution in [0.2, 0.25) is 5.02 Å². The van der Waals surface area contributed by atoms with Crippen molar-refractivity contribution < 1.29 is 18.0 Å². The number of nitrogens with zero attached hydrogens (tertiary/aromatic N) is 2. The average molecular weight is 427 g/mol. The molecule has 146 valence electrons. The fourth-order valence-corrected chi connectivity index (χ4v) is 3.31. The molecule has 2 aromatic heterocycles. The molecule has 0 aliphatic carbocycles. The molecular formula is C18H14ClF3N4OS. The summed E-state index contributed by atoms with van der Waals surface area (Å²) in [5.41, 5.74) is 0.588. The summed E-state index contributed by atoms with van der Waals surface area (Å²) >= 11 is 6.85. The lowest BCUT2D eigenvalue weighted by atomic mass is 10.2. The van der Waals surface area contributed by atoms with Gasteiger partial charge in [0, 0.05) is 23.7 Å². The van der Waals surface area contributed by atoms with E-state index < -0.39 is 11.7 Å². The molecule has 1 aromatic carbocycles. The lowest BCUT2D eigenvalue weighted by molar-refractivity contribution is -0.137. The first kappa shape index (κ1) is 20.1. The smallest absolute Gasteiger partial charge is 0.332 e. The molecule has 0 saturated carbocycles. The first-order valence-corrected chi connectivity index (χ1v) is 9.35. The van der Waals surface area contributed by atoms with E-state index in [2.05, 4.69) is 20.6 Å². The van der Waals surface area contributed by atoms with Crippen molar-refractivity contribution in [2.75, 3.05) is 10.6 Å². The van der Waals surface area contributed by atoms with Crippen LogP contribution >= 0.6 is 22.9 Å². The Hall–Kier alpha value is -2.65. The number of thiazole rings is 1. The summed E-state index contributed by atoms with van der Waals surface area (Å²) in [4.78, 5) is 20.2. The second-order valence-electron chi connectivity index (χ2n) is 5.75. The zero-order valence-corrected chi connectivity index (χ0v) is 15.8. The fourth-order valence-electron chi connectivity index (χ4n) is 2.32. The maximum atomic E-state index is 12.9. The van der Waals surface area contributed by atoms with Crippen LogP contribution in [0.5, 0.6) is 0 Å². The number of halogens is 4. The number of nitrogens with one attached hydrogen (secondary N) is 2. The van der Waals surface area contributed by atoms with E-state index >= 15 is 0 Å². The molecule has 3 aromatic rings. The molecule has 3 rings (SSSR count). The highest BCUT2D eigenvalue weighted by molar-refractivity contribution is 7.13. The van der Waals surface area contributed by atoms with Crippen molar-refractivity contribution in [3.8, 4) is 0 Å². The molecule has 10 heteroatoms. The molecule has 0 bridgehead atoms. The van der Waals surface area contributed by atoms with Gasteiger partial charge in [-0.3, -0.25) is 9.78 Å². The number of pyridine rings is 1. The van der Waals surface area contributed by atoms with Crippen LogP contribution < -0.4 is 10.6 Å². The van der Waals surface area contributed by atoms with Gasteiger partial charge in [-0.05, 0) is 36.8 Å².